The second kappa shape index (κ2) is 7.36. The molecule has 1 aromatic heterocycles. The number of ether oxygens (including phenoxy) is 1. The van der Waals surface area contributed by atoms with Gasteiger partial charge in [0.05, 0.1) is 7.11 Å². The first kappa shape index (κ1) is 15.7. The highest BCUT2D eigenvalue weighted by Crippen LogP contribution is 2.21. The number of nitrogens with one attached hydrogen (secondary N) is 2. The minimum atomic E-state index is -0.534. The summed E-state index contributed by atoms with van der Waals surface area (Å²) >= 11 is 0. The van der Waals surface area contributed by atoms with Crippen LogP contribution in [0.2, 0.25) is 0 Å². The monoisotopic (exact) mass is 323 g/mol. The zero-order chi connectivity index (χ0) is 16.8. The van der Waals surface area contributed by atoms with Crippen molar-refractivity contribution in [2.75, 3.05) is 12.4 Å². The average Bonchev–Trinajstić information content (AvgIpc) is 3.15. The van der Waals surface area contributed by atoms with Crippen molar-refractivity contribution in [2.24, 2.45) is 0 Å². The van der Waals surface area contributed by atoms with E-state index < -0.39 is 5.92 Å². The lowest BCUT2D eigenvalue weighted by molar-refractivity contribution is -0.117. The average molecular weight is 323 g/mol. The van der Waals surface area contributed by atoms with Gasteiger partial charge in [0.25, 0.3) is 0 Å². The van der Waals surface area contributed by atoms with Crippen LogP contribution in [0.3, 0.4) is 0 Å². The molecule has 0 aliphatic heterocycles. The van der Waals surface area contributed by atoms with Crippen LogP contribution >= 0.6 is 0 Å². The van der Waals surface area contributed by atoms with Gasteiger partial charge in [-0.3, -0.25) is 4.79 Å². The van der Waals surface area contributed by atoms with Crippen molar-refractivity contribution in [2.45, 2.75) is 12.3 Å². The van der Waals surface area contributed by atoms with Crippen LogP contribution in [0.25, 0.3) is 0 Å². The zero-order valence-electron chi connectivity index (χ0n) is 13.1. The van der Waals surface area contributed by atoms with Crippen LogP contribution in [0.5, 0.6) is 5.75 Å². The number of tetrazole rings is 1. The van der Waals surface area contributed by atoms with Gasteiger partial charge in [-0.05, 0) is 36.2 Å². The quantitative estimate of drug-likeness (QED) is 0.725. The van der Waals surface area contributed by atoms with E-state index in [1.807, 2.05) is 30.3 Å². The standard InChI is InChI=1S/C17H17N5O2/c1-24-14-9-7-13(8-10-14)18-17(23)15(16-19-21-22-20-16)11-12-5-3-2-4-6-12/h2-10,15H,11H2,1H3,(H,18,23)(H,19,20,21,22). The number of hydrogen-bond acceptors (Lipinski definition) is 5. The molecular formula is C17H17N5O2. The molecule has 1 atom stereocenters. The maximum absolute atomic E-state index is 12.7. The molecule has 7 heteroatoms. The van der Waals surface area contributed by atoms with Crippen LogP contribution in [0.15, 0.2) is 54.6 Å². The van der Waals surface area contributed by atoms with Crippen LogP contribution < -0.4 is 10.1 Å². The smallest absolute Gasteiger partial charge is 0.235 e. The van der Waals surface area contributed by atoms with Crippen LogP contribution in [0.1, 0.15) is 17.3 Å². The minimum absolute atomic E-state index is 0.189. The Morgan fingerprint density at radius 3 is 2.54 bits per heavy atom. The summed E-state index contributed by atoms with van der Waals surface area (Å²) in [5.41, 5.74) is 1.71. The van der Waals surface area contributed by atoms with Gasteiger partial charge >= 0.3 is 0 Å². The van der Waals surface area contributed by atoms with E-state index in [2.05, 4.69) is 25.9 Å². The fourth-order valence-corrected chi connectivity index (χ4v) is 2.37. The van der Waals surface area contributed by atoms with Crippen LogP contribution in [-0.4, -0.2) is 33.6 Å². The van der Waals surface area contributed by atoms with Crippen molar-refractivity contribution in [3.05, 3.63) is 66.0 Å². The summed E-state index contributed by atoms with van der Waals surface area (Å²) in [5.74, 6) is 0.371. The molecule has 1 unspecified atom stereocenters. The summed E-state index contributed by atoms with van der Waals surface area (Å²) in [7, 11) is 1.60. The van der Waals surface area contributed by atoms with Crippen LogP contribution in [0, 0.1) is 0 Å². The molecule has 0 bridgehead atoms. The molecule has 7 nitrogen and oxygen atoms in total. The molecule has 122 valence electrons. The number of aromatic nitrogens is 4. The molecule has 0 saturated heterocycles. The Morgan fingerprint density at radius 1 is 1.17 bits per heavy atom. The van der Waals surface area contributed by atoms with Crippen molar-refractivity contribution in [1.29, 1.82) is 0 Å². The van der Waals surface area contributed by atoms with Gasteiger partial charge in [-0.25, -0.2) is 0 Å². The van der Waals surface area contributed by atoms with E-state index in [0.717, 1.165) is 11.3 Å². The van der Waals surface area contributed by atoms with Gasteiger partial charge in [0.1, 0.15) is 11.7 Å². The van der Waals surface area contributed by atoms with Gasteiger partial charge in [-0.15, -0.1) is 10.2 Å². The maximum atomic E-state index is 12.7. The lowest BCUT2D eigenvalue weighted by atomic mass is 9.97. The molecule has 0 aliphatic carbocycles. The molecule has 1 amide bonds. The third-order valence-corrected chi connectivity index (χ3v) is 3.63. The summed E-state index contributed by atoms with van der Waals surface area (Å²) in [6, 6.07) is 16.9. The van der Waals surface area contributed by atoms with Crippen LogP contribution in [-0.2, 0) is 11.2 Å². The Balaban J connectivity index is 1.78. The van der Waals surface area contributed by atoms with Crippen molar-refractivity contribution < 1.29 is 9.53 Å². The molecule has 0 radical (unpaired) electrons. The van der Waals surface area contributed by atoms with E-state index in [-0.39, 0.29) is 5.91 Å². The molecule has 2 aromatic carbocycles. The number of carbonyl (C=O) groups is 1. The highest BCUT2D eigenvalue weighted by Gasteiger charge is 2.25. The molecular weight excluding hydrogens is 306 g/mol. The number of benzene rings is 2. The second-order valence-electron chi connectivity index (χ2n) is 5.23. The molecule has 3 aromatic rings. The van der Waals surface area contributed by atoms with Crippen molar-refractivity contribution in [3.63, 3.8) is 0 Å². The Hall–Kier alpha value is -3.22. The number of carbonyl (C=O) groups excluding carboxylic acids is 1. The van der Waals surface area contributed by atoms with Crippen molar-refractivity contribution in [1.82, 2.24) is 20.6 Å². The predicted molar refractivity (Wildman–Crippen MR) is 88.7 cm³/mol. The second-order valence-corrected chi connectivity index (χ2v) is 5.23. The molecule has 1 heterocycles. The van der Waals surface area contributed by atoms with Gasteiger partial charge in [0.15, 0.2) is 5.82 Å². The molecule has 2 N–H and O–H groups in total. The maximum Gasteiger partial charge on any atom is 0.235 e. The van der Waals surface area contributed by atoms with E-state index >= 15 is 0 Å². The van der Waals surface area contributed by atoms with Gasteiger partial charge in [0.2, 0.25) is 5.91 Å². The van der Waals surface area contributed by atoms with Crippen LogP contribution in [0.4, 0.5) is 5.69 Å². The number of amides is 1. The number of H-pyrrole nitrogens is 1. The summed E-state index contributed by atoms with van der Waals surface area (Å²) in [4.78, 5) is 12.7. The summed E-state index contributed by atoms with van der Waals surface area (Å²) in [6.07, 6.45) is 0.488. The number of aromatic amines is 1. The fourth-order valence-electron chi connectivity index (χ4n) is 2.37. The Kier molecular flexibility index (Phi) is 4.81. The minimum Gasteiger partial charge on any atom is -0.497 e. The fraction of sp³-hybridized carbons (Fsp3) is 0.176. The first-order chi connectivity index (χ1) is 11.8. The first-order valence-corrected chi connectivity index (χ1v) is 7.48. The van der Waals surface area contributed by atoms with E-state index in [1.165, 1.54) is 0 Å². The van der Waals surface area contributed by atoms with Gasteiger partial charge < -0.3 is 10.1 Å². The molecule has 0 fully saturated rings. The van der Waals surface area contributed by atoms with E-state index in [0.29, 0.717) is 17.9 Å². The molecule has 3 rings (SSSR count). The predicted octanol–water partition coefficient (Wildman–Crippen LogP) is 2.17. The Morgan fingerprint density at radius 2 is 1.92 bits per heavy atom. The molecule has 0 saturated carbocycles. The molecule has 0 aliphatic rings. The third kappa shape index (κ3) is 3.75. The number of nitrogens with zero attached hydrogens (tertiary/aromatic N) is 3. The Labute approximate surface area is 139 Å². The summed E-state index contributed by atoms with van der Waals surface area (Å²) in [5, 5.41) is 16.8. The van der Waals surface area contributed by atoms with Gasteiger partial charge in [-0.2, -0.15) is 5.21 Å². The Bertz CT molecular complexity index is 773. The summed E-state index contributed by atoms with van der Waals surface area (Å²) in [6.45, 7) is 0. The lowest BCUT2D eigenvalue weighted by Gasteiger charge is -2.14. The first-order valence-electron chi connectivity index (χ1n) is 7.48. The van der Waals surface area contributed by atoms with Gasteiger partial charge in [0, 0.05) is 5.69 Å². The number of anilines is 1. The molecule has 0 spiro atoms. The number of hydrogen-bond donors (Lipinski definition) is 2. The van der Waals surface area contributed by atoms with Crippen molar-refractivity contribution >= 4 is 11.6 Å². The number of rotatable bonds is 6. The third-order valence-electron chi connectivity index (χ3n) is 3.63. The SMILES string of the molecule is COc1ccc(NC(=O)C(Cc2ccccc2)c2nn[nH]n2)cc1. The van der Waals surface area contributed by atoms with E-state index in [1.54, 1.807) is 31.4 Å². The van der Waals surface area contributed by atoms with Gasteiger partial charge in [-0.1, -0.05) is 35.5 Å². The largest absolute Gasteiger partial charge is 0.497 e. The lowest BCUT2D eigenvalue weighted by Crippen LogP contribution is -2.24. The van der Waals surface area contributed by atoms with E-state index in [4.69, 9.17) is 4.74 Å². The highest BCUT2D eigenvalue weighted by molar-refractivity contribution is 5.95. The molecule has 24 heavy (non-hydrogen) atoms. The van der Waals surface area contributed by atoms with E-state index in [9.17, 15) is 4.79 Å². The normalized spacial score (nSPS) is 11.7. The topological polar surface area (TPSA) is 92.8 Å². The number of methoxy groups -OCH3 is 1. The summed E-state index contributed by atoms with van der Waals surface area (Å²) < 4.78 is 5.11. The van der Waals surface area contributed by atoms with Crippen molar-refractivity contribution in [3.8, 4) is 5.75 Å². The highest BCUT2D eigenvalue weighted by atomic mass is 16.5. The zero-order valence-corrected chi connectivity index (χ0v) is 13.1.